The molecule has 1 aromatic carbocycles. The van der Waals surface area contributed by atoms with Gasteiger partial charge in [0.2, 0.25) is 0 Å². The summed E-state index contributed by atoms with van der Waals surface area (Å²) in [5.74, 6) is -1.92. The summed E-state index contributed by atoms with van der Waals surface area (Å²) < 4.78 is 39.1. The van der Waals surface area contributed by atoms with Crippen molar-refractivity contribution in [2.45, 2.75) is 37.1 Å². The molecule has 8 nitrogen and oxygen atoms in total. The first-order chi connectivity index (χ1) is 12.7. The van der Waals surface area contributed by atoms with Gasteiger partial charge in [-0.2, -0.15) is 8.42 Å². The predicted molar refractivity (Wildman–Crippen MR) is 95.4 cm³/mol. The second kappa shape index (κ2) is 7.57. The van der Waals surface area contributed by atoms with Crippen LogP contribution in [0.1, 0.15) is 23.2 Å². The fraction of sp³-hybridized carbons (Fsp3) is 0.556. The second-order valence-electron chi connectivity index (χ2n) is 6.98. The number of ether oxygens (including phenoxy) is 2. The molecule has 2 aliphatic heterocycles. The molecule has 1 aromatic rings. The van der Waals surface area contributed by atoms with Gasteiger partial charge in [0.25, 0.3) is 10.1 Å². The number of rotatable bonds is 5. The van der Waals surface area contributed by atoms with E-state index in [1.54, 1.807) is 30.3 Å². The number of esters is 2. The second-order valence-corrected chi connectivity index (χ2v) is 8.58. The van der Waals surface area contributed by atoms with Crippen LogP contribution in [-0.4, -0.2) is 70.0 Å². The normalized spacial score (nSPS) is 30.7. The summed E-state index contributed by atoms with van der Waals surface area (Å²) in [6, 6.07) is 7.89. The zero-order valence-corrected chi connectivity index (χ0v) is 16.2. The highest BCUT2D eigenvalue weighted by Crippen LogP contribution is 2.42. The smallest absolute Gasteiger partial charge is 0.338 e. The maximum absolute atomic E-state index is 12.5. The van der Waals surface area contributed by atoms with Crippen molar-refractivity contribution in [1.29, 1.82) is 0 Å². The Hall–Kier alpha value is -1.97. The van der Waals surface area contributed by atoms with Crippen LogP contribution in [0.2, 0.25) is 0 Å². The summed E-state index contributed by atoms with van der Waals surface area (Å²) in [4.78, 5) is 26.9. The van der Waals surface area contributed by atoms with Gasteiger partial charge in [0.1, 0.15) is 12.0 Å². The molecule has 2 aliphatic rings. The quantitative estimate of drug-likeness (QED) is 0.532. The van der Waals surface area contributed by atoms with Gasteiger partial charge in [-0.1, -0.05) is 18.2 Å². The van der Waals surface area contributed by atoms with E-state index in [0.717, 1.165) is 6.26 Å². The molecule has 2 fully saturated rings. The molecule has 2 heterocycles. The molecule has 0 radical (unpaired) electrons. The van der Waals surface area contributed by atoms with Gasteiger partial charge in [-0.05, 0) is 25.6 Å². The highest BCUT2D eigenvalue weighted by Gasteiger charge is 2.56. The SMILES string of the molecule is COC(=O)[C@@H]1[C@H]2[C@@H](OS(C)(=O)=O)C[C@@H](C[C@@H]1OC(=O)c1ccccc1)N2C. The first-order valence-corrected chi connectivity index (χ1v) is 10.5. The van der Waals surface area contributed by atoms with E-state index in [1.165, 1.54) is 7.11 Å². The molecule has 2 bridgehead atoms. The number of nitrogens with zero attached hydrogens (tertiary/aromatic N) is 1. The molecule has 0 spiro atoms. The van der Waals surface area contributed by atoms with Crippen molar-refractivity contribution >= 4 is 22.1 Å². The van der Waals surface area contributed by atoms with Crippen LogP contribution >= 0.6 is 0 Å². The molecule has 0 aromatic heterocycles. The third kappa shape index (κ3) is 4.15. The number of carbonyl (C=O) groups is 2. The number of hydrogen-bond donors (Lipinski definition) is 0. The summed E-state index contributed by atoms with van der Waals surface area (Å²) in [7, 11) is -0.628. The molecule has 148 valence electrons. The monoisotopic (exact) mass is 397 g/mol. The van der Waals surface area contributed by atoms with E-state index >= 15 is 0 Å². The Balaban J connectivity index is 1.87. The van der Waals surface area contributed by atoms with Crippen LogP contribution in [0.15, 0.2) is 30.3 Å². The van der Waals surface area contributed by atoms with Crippen molar-refractivity contribution in [3.8, 4) is 0 Å². The van der Waals surface area contributed by atoms with Crippen LogP contribution in [0.4, 0.5) is 0 Å². The Morgan fingerprint density at radius 2 is 1.74 bits per heavy atom. The average Bonchev–Trinajstić information content (AvgIpc) is 2.80. The van der Waals surface area contributed by atoms with Crippen LogP contribution in [0.3, 0.4) is 0 Å². The minimum absolute atomic E-state index is 0.0590. The third-order valence-electron chi connectivity index (χ3n) is 5.24. The van der Waals surface area contributed by atoms with Gasteiger partial charge < -0.3 is 9.47 Å². The van der Waals surface area contributed by atoms with Crippen molar-refractivity contribution in [2.75, 3.05) is 20.4 Å². The van der Waals surface area contributed by atoms with E-state index in [1.807, 2.05) is 11.9 Å². The van der Waals surface area contributed by atoms with E-state index in [0.29, 0.717) is 18.4 Å². The number of benzene rings is 1. The Morgan fingerprint density at radius 3 is 2.33 bits per heavy atom. The molecule has 0 aliphatic carbocycles. The number of methoxy groups -OCH3 is 1. The van der Waals surface area contributed by atoms with E-state index in [4.69, 9.17) is 13.7 Å². The topological polar surface area (TPSA) is 99.2 Å². The predicted octanol–water partition coefficient (Wildman–Crippen LogP) is 0.822. The first kappa shape index (κ1) is 19.8. The minimum atomic E-state index is -3.70. The lowest BCUT2D eigenvalue weighted by molar-refractivity contribution is -0.157. The molecule has 0 amide bonds. The summed E-state index contributed by atoms with van der Waals surface area (Å²) in [6.07, 6.45) is 0.398. The molecule has 0 N–H and O–H groups in total. The van der Waals surface area contributed by atoms with Crippen molar-refractivity contribution in [3.05, 3.63) is 35.9 Å². The molecule has 9 heteroatoms. The van der Waals surface area contributed by atoms with E-state index < -0.39 is 46.2 Å². The van der Waals surface area contributed by atoms with E-state index in [9.17, 15) is 18.0 Å². The molecular weight excluding hydrogens is 374 g/mol. The van der Waals surface area contributed by atoms with Crippen molar-refractivity contribution in [3.63, 3.8) is 0 Å². The van der Waals surface area contributed by atoms with Crippen LogP contribution in [0, 0.1) is 5.92 Å². The Bertz CT molecular complexity index is 810. The van der Waals surface area contributed by atoms with Crippen LogP contribution in [0.25, 0.3) is 0 Å². The van der Waals surface area contributed by atoms with Crippen molar-refractivity contribution in [2.24, 2.45) is 5.92 Å². The summed E-state index contributed by atoms with van der Waals surface area (Å²) in [5.41, 5.74) is 0.385. The molecule has 27 heavy (non-hydrogen) atoms. The number of likely N-dealkylation sites (N-methyl/N-ethyl adjacent to an activating group) is 1. The maximum Gasteiger partial charge on any atom is 0.338 e. The number of hydrogen-bond acceptors (Lipinski definition) is 8. The van der Waals surface area contributed by atoms with E-state index in [2.05, 4.69) is 0 Å². The van der Waals surface area contributed by atoms with Gasteiger partial charge >= 0.3 is 11.9 Å². The summed E-state index contributed by atoms with van der Waals surface area (Å²) >= 11 is 0. The van der Waals surface area contributed by atoms with Gasteiger partial charge in [-0.25, -0.2) is 4.79 Å². The number of fused-ring (bicyclic) bond motifs is 2. The van der Waals surface area contributed by atoms with Crippen molar-refractivity contribution in [1.82, 2.24) is 4.90 Å². The number of carbonyl (C=O) groups excluding carboxylic acids is 2. The minimum Gasteiger partial charge on any atom is -0.469 e. The fourth-order valence-electron chi connectivity index (χ4n) is 4.11. The van der Waals surface area contributed by atoms with Gasteiger partial charge in [-0.15, -0.1) is 0 Å². The number of piperidine rings is 1. The largest absolute Gasteiger partial charge is 0.469 e. The lowest BCUT2D eigenvalue weighted by Gasteiger charge is -2.41. The van der Waals surface area contributed by atoms with Crippen LogP contribution in [-0.2, 0) is 28.6 Å². The third-order valence-corrected chi connectivity index (χ3v) is 5.84. The molecule has 5 atom stereocenters. The molecule has 0 unspecified atom stereocenters. The van der Waals surface area contributed by atoms with Crippen molar-refractivity contribution < 1.29 is 31.7 Å². The molecule has 0 saturated carbocycles. The standard InChI is InChI=1S/C18H23NO7S/c1-19-12-9-13(25-17(20)11-7-5-4-6-8-11)15(18(21)24-2)16(19)14(10-12)26-27(3,22)23/h4-8,12-16H,9-10H2,1-3H3/t12-,13+,14+,15+,16-/m1/s1. The first-order valence-electron chi connectivity index (χ1n) is 8.65. The van der Waals surface area contributed by atoms with Crippen LogP contribution in [0.5, 0.6) is 0 Å². The highest BCUT2D eigenvalue weighted by molar-refractivity contribution is 7.86. The Labute approximate surface area is 158 Å². The molecule has 2 saturated heterocycles. The van der Waals surface area contributed by atoms with Gasteiger partial charge in [0, 0.05) is 12.5 Å². The maximum atomic E-state index is 12.5. The molecular formula is C18H23NO7S. The fourth-order valence-corrected chi connectivity index (χ4v) is 4.75. The zero-order valence-electron chi connectivity index (χ0n) is 15.4. The average molecular weight is 397 g/mol. The van der Waals surface area contributed by atoms with Gasteiger partial charge in [0.05, 0.1) is 31.1 Å². The lowest BCUT2D eigenvalue weighted by atomic mass is 9.87. The van der Waals surface area contributed by atoms with Gasteiger partial charge in [0.15, 0.2) is 0 Å². The molecule has 3 rings (SSSR count). The summed E-state index contributed by atoms with van der Waals surface area (Å²) in [5, 5.41) is 0. The lowest BCUT2D eigenvalue weighted by Crippen LogP contribution is -2.56. The van der Waals surface area contributed by atoms with Crippen LogP contribution < -0.4 is 0 Å². The highest BCUT2D eigenvalue weighted by atomic mass is 32.2. The Kier molecular flexibility index (Phi) is 5.55. The zero-order chi connectivity index (χ0) is 19.8. The summed E-state index contributed by atoms with van der Waals surface area (Å²) in [6.45, 7) is 0. The Morgan fingerprint density at radius 1 is 1.11 bits per heavy atom. The van der Waals surface area contributed by atoms with Gasteiger partial charge in [-0.3, -0.25) is 13.9 Å². The van der Waals surface area contributed by atoms with E-state index in [-0.39, 0.29) is 6.04 Å².